The Kier molecular flexibility index (Phi) is 4.62. The van der Waals surface area contributed by atoms with E-state index in [0.717, 1.165) is 17.2 Å². The first-order chi connectivity index (χ1) is 13.7. The number of fused-ring (bicyclic) bond motifs is 1. The Hall–Kier alpha value is -2.86. The first-order valence-electron chi connectivity index (χ1n) is 8.90. The SMILES string of the molecule is CC1(Cc2cc(Cl)ccc2C(F)(F)F)C(=O)Nc2ccc(-c3ccncc3)cc21. The molecule has 0 saturated carbocycles. The number of alkyl halides is 3. The quantitative estimate of drug-likeness (QED) is 0.580. The minimum atomic E-state index is -4.53. The number of aromatic nitrogens is 1. The number of benzene rings is 2. The van der Waals surface area contributed by atoms with Gasteiger partial charge in [0.05, 0.1) is 11.0 Å². The van der Waals surface area contributed by atoms with Crippen LogP contribution in [0.15, 0.2) is 60.9 Å². The average Bonchev–Trinajstić information content (AvgIpc) is 2.91. The van der Waals surface area contributed by atoms with Crippen LogP contribution in [0.1, 0.15) is 23.6 Å². The number of carbonyl (C=O) groups is 1. The third-order valence-electron chi connectivity index (χ3n) is 5.29. The van der Waals surface area contributed by atoms with Crippen LogP contribution in [0.3, 0.4) is 0 Å². The van der Waals surface area contributed by atoms with E-state index in [1.807, 2.05) is 24.3 Å². The van der Waals surface area contributed by atoms with E-state index >= 15 is 0 Å². The molecule has 0 bridgehead atoms. The van der Waals surface area contributed by atoms with Gasteiger partial charge in [-0.05, 0) is 78.1 Å². The van der Waals surface area contributed by atoms with Crippen LogP contribution in [0, 0.1) is 0 Å². The number of nitrogens with zero attached hydrogens (tertiary/aromatic N) is 1. The Morgan fingerprint density at radius 2 is 1.76 bits per heavy atom. The number of rotatable bonds is 3. The lowest BCUT2D eigenvalue weighted by Gasteiger charge is -2.25. The lowest BCUT2D eigenvalue weighted by Crippen LogP contribution is -2.34. The van der Waals surface area contributed by atoms with Crippen molar-refractivity contribution in [1.29, 1.82) is 0 Å². The number of anilines is 1. The zero-order valence-electron chi connectivity index (χ0n) is 15.3. The normalized spacial score (nSPS) is 18.4. The highest BCUT2D eigenvalue weighted by Crippen LogP contribution is 2.44. The smallest absolute Gasteiger partial charge is 0.325 e. The Morgan fingerprint density at radius 1 is 1.03 bits per heavy atom. The highest BCUT2D eigenvalue weighted by molar-refractivity contribution is 6.30. The molecule has 0 spiro atoms. The summed E-state index contributed by atoms with van der Waals surface area (Å²) in [6.45, 7) is 1.66. The fraction of sp³-hybridized carbons (Fsp3) is 0.182. The summed E-state index contributed by atoms with van der Waals surface area (Å²) in [5, 5.41) is 2.99. The van der Waals surface area contributed by atoms with Crippen molar-refractivity contribution in [3.63, 3.8) is 0 Å². The lowest BCUT2D eigenvalue weighted by molar-refractivity contribution is -0.138. The zero-order chi connectivity index (χ0) is 20.8. The van der Waals surface area contributed by atoms with Gasteiger partial charge in [0.25, 0.3) is 0 Å². The van der Waals surface area contributed by atoms with E-state index in [1.54, 1.807) is 25.4 Å². The molecular formula is C22H16ClF3N2O. The topological polar surface area (TPSA) is 42.0 Å². The van der Waals surface area contributed by atoms with Gasteiger partial charge in [-0.1, -0.05) is 17.7 Å². The molecule has 4 rings (SSSR count). The van der Waals surface area contributed by atoms with Crippen molar-refractivity contribution in [2.45, 2.75) is 24.9 Å². The molecule has 1 unspecified atom stereocenters. The number of halogens is 4. The molecule has 2 aromatic carbocycles. The summed E-state index contributed by atoms with van der Waals surface area (Å²) in [7, 11) is 0. The number of amides is 1. The fourth-order valence-electron chi connectivity index (χ4n) is 3.76. The molecule has 1 aliphatic heterocycles. The van der Waals surface area contributed by atoms with E-state index in [0.29, 0.717) is 11.3 Å². The monoisotopic (exact) mass is 416 g/mol. The summed E-state index contributed by atoms with van der Waals surface area (Å²) in [5.41, 5.74) is 1.07. The fourth-order valence-corrected chi connectivity index (χ4v) is 3.95. The van der Waals surface area contributed by atoms with Crippen LogP contribution in [0.25, 0.3) is 11.1 Å². The van der Waals surface area contributed by atoms with Crippen LogP contribution < -0.4 is 5.32 Å². The molecule has 1 amide bonds. The van der Waals surface area contributed by atoms with Gasteiger partial charge in [-0.3, -0.25) is 9.78 Å². The van der Waals surface area contributed by atoms with Crippen LogP contribution >= 0.6 is 11.6 Å². The number of carbonyl (C=O) groups excluding carboxylic acids is 1. The van der Waals surface area contributed by atoms with Crippen LogP contribution in [-0.4, -0.2) is 10.9 Å². The molecule has 7 heteroatoms. The molecule has 1 atom stereocenters. The van der Waals surface area contributed by atoms with Crippen LogP contribution in [-0.2, 0) is 22.8 Å². The van der Waals surface area contributed by atoms with Crippen molar-refractivity contribution < 1.29 is 18.0 Å². The molecule has 0 radical (unpaired) electrons. The second-order valence-electron chi connectivity index (χ2n) is 7.26. The summed E-state index contributed by atoms with van der Waals surface area (Å²) in [6.07, 6.45) is -1.34. The minimum absolute atomic E-state index is 0.00943. The summed E-state index contributed by atoms with van der Waals surface area (Å²) < 4.78 is 40.5. The summed E-state index contributed by atoms with van der Waals surface area (Å²) in [6, 6.07) is 12.6. The Balaban J connectivity index is 1.81. The maximum absolute atomic E-state index is 13.5. The number of hydrogen-bond donors (Lipinski definition) is 1. The first kappa shape index (κ1) is 19.5. The molecule has 148 valence electrons. The first-order valence-corrected chi connectivity index (χ1v) is 9.28. The van der Waals surface area contributed by atoms with Crippen LogP contribution in [0.4, 0.5) is 18.9 Å². The van der Waals surface area contributed by atoms with Crippen LogP contribution in [0.2, 0.25) is 5.02 Å². The van der Waals surface area contributed by atoms with E-state index in [-0.39, 0.29) is 22.9 Å². The van der Waals surface area contributed by atoms with Crippen molar-refractivity contribution in [2.75, 3.05) is 5.32 Å². The van der Waals surface area contributed by atoms with Crippen molar-refractivity contribution in [2.24, 2.45) is 0 Å². The minimum Gasteiger partial charge on any atom is -0.325 e. The highest BCUT2D eigenvalue weighted by Gasteiger charge is 2.45. The second kappa shape index (κ2) is 6.88. The Bertz CT molecular complexity index is 1100. The predicted molar refractivity (Wildman–Crippen MR) is 106 cm³/mol. The van der Waals surface area contributed by atoms with Gasteiger partial charge in [0.15, 0.2) is 0 Å². The van der Waals surface area contributed by atoms with E-state index in [4.69, 9.17) is 11.6 Å². The molecule has 0 aliphatic carbocycles. The predicted octanol–water partition coefficient (Wildman–Crippen LogP) is 5.87. The van der Waals surface area contributed by atoms with Gasteiger partial charge in [-0.2, -0.15) is 13.2 Å². The molecule has 3 aromatic rings. The van der Waals surface area contributed by atoms with Gasteiger partial charge < -0.3 is 5.32 Å². The molecule has 1 N–H and O–H groups in total. The Morgan fingerprint density at radius 3 is 2.45 bits per heavy atom. The largest absolute Gasteiger partial charge is 0.416 e. The van der Waals surface area contributed by atoms with Gasteiger partial charge in [-0.15, -0.1) is 0 Å². The molecular weight excluding hydrogens is 401 g/mol. The Labute approximate surface area is 170 Å². The van der Waals surface area contributed by atoms with Gasteiger partial charge >= 0.3 is 6.18 Å². The third kappa shape index (κ3) is 3.49. The van der Waals surface area contributed by atoms with Crippen LogP contribution in [0.5, 0.6) is 0 Å². The summed E-state index contributed by atoms with van der Waals surface area (Å²) in [5.74, 6) is -0.340. The van der Waals surface area contributed by atoms with E-state index in [1.165, 1.54) is 12.1 Å². The molecule has 1 aromatic heterocycles. The molecule has 2 heterocycles. The zero-order valence-corrected chi connectivity index (χ0v) is 16.1. The third-order valence-corrected chi connectivity index (χ3v) is 5.53. The maximum atomic E-state index is 13.5. The van der Waals surface area contributed by atoms with E-state index < -0.39 is 17.2 Å². The maximum Gasteiger partial charge on any atom is 0.416 e. The van der Waals surface area contributed by atoms with E-state index in [2.05, 4.69) is 10.3 Å². The molecule has 29 heavy (non-hydrogen) atoms. The van der Waals surface area contributed by atoms with E-state index in [9.17, 15) is 18.0 Å². The molecule has 0 saturated heterocycles. The molecule has 1 aliphatic rings. The highest BCUT2D eigenvalue weighted by atomic mass is 35.5. The summed E-state index contributed by atoms with van der Waals surface area (Å²) in [4.78, 5) is 16.8. The standard InChI is InChI=1S/C22H16ClF3N2O/c1-21(12-15-10-16(23)3-4-17(15)22(24,25)26)18-11-14(13-6-8-27-9-7-13)2-5-19(18)28-20(21)29/h2-11H,12H2,1H3,(H,28,29). The van der Waals surface area contributed by atoms with Gasteiger partial charge in [0, 0.05) is 23.1 Å². The van der Waals surface area contributed by atoms with Crippen molar-refractivity contribution >= 4 is 23.2 Å². The molecule has 3 nitrogen and oxygen atoms in total. The number of hydrogen-bond acceptors (Lipinski definition) is 2. The molecule has 0 fully saturated rings. The number of nitrogens with one attached hydrogen (secondary N) is 1. The van der Waals surface area contributed by atoms with Crippen molar-refractivity contribution in [3.05, 3.63) is 82.6 Å². The second-order valence-corrected chi connectivity index (χ2v) is 7.69. The van der Waals surface area contributed by atoms with Crippen molar-refractivity contribution in [1.82, 2.24) is 4.98 Å². The van der Waals surface area contributed by atoms with Gasteiger partial charge in [-0.25, -0.2) is 0 Å². The van der Waals surface area contributed by atoms with Crippen molar-refractivity contribution in [3.8, 4) is 11.1 Å². The number of pyridine rings is 1. The van der Waals surface area contributed by atoms with Gasteiger partial charge in [0.1, 0.15) is 0 Å². The average molecular weight is 417 g/mol. The summed E-state index contributed by atoms with van der Waals surface area (Å²) >= 11 is 5.97. The lowest BCUT2D eigenvalue weighted by atomic mass is 9.76. The van der Waals surface area contributed by atoms with Gasteiger partial charge in [0.2, 0.25) is 5.91 Å².